The molecule has 1 saturated carbocycles. The van der Waals surface area contributed by atoms with Crippen molar-refractivity contribution in [1.82, 2.24) is 4.90 Å². The van der Waals surface area contributed by atoms with Crippen LogP contribution in [0.4, 0.5) is 0 Å². The molecule has 1 aliphatic heterocycles. The van der Waals surface area contributed by atoms with E-state index in [0.29, 0.717) is 0 Å². The van der Waals surface area contributed by atoms with Gasteiger partial charge in [-0.25, -0.2) is 0 Å². The fourth-order valence-electron chi connectivity index (χ4n) is 2.69. The monoisotopic (exact) mass is 139 g/mol. The van der Waals surface area contributed by atoms with Gasteiger partial charge in [0.15, 0.2) is 0 Å². The lowest BCUT2D eigenvalue weighted by Gasteiger charge is -2.39. The standard InChI is InChI=1S/C9H17N/c1-10-6-8-3-2-4-9(5-8)7-10/h8-9H,2-7H2,1H3/t8-,9-/m0/s1. The van der Waals surface area contributed by atoms with Gasteiger partial charge in [0, 0.05) is 13.1 Å². The van der Waals surface area contributed by atoms with Crippen molar-refractivity contribution in [1.29, 1.82) is 0 Å². The molecule has 0 aromatic heterocycles. The number of piperidine rings is 1. The molecular weight excluding hydrogens is 122 g/mol. The molecule has 1 aliphatic carbocycles. The lowest BCUT2D eigenvalue weighted by atomic mass is 9.78. The predicted octanol–water partition coefficient (Wildman–Crippen LogP) is 1.74. The van der Waals surface area contributed by atoms with E-state index in [2.05, 4.69) is 11.9 Å². The molecule has 2 bridgehead atoms. The molecule has 2 fully saturated rings. The minimum absolute atomic E-state index is 1.05. The topological polar surface area (TPSA) is 3.24 Å². The van der Waals surface area contributed by atoms with E-state index in [1.54, 1.807) is 0 Å². The number of rotatable bonds is 0. The average Bonchev–Trinajstić information content (AvgIpc) is 1.85. The highest BCUT2D eigenvalue weighted by Gasteiger charge is 2.28. The van der Waals surface area contributed by atoms with Crippen molar-refractivity contribution in [3.63, 3.8) is 0 Å². The van der Waals surface area contributed by atoms with Crippen molar-refractivity contribution in [2.24, 2.45) is 11.8 Å². The molecule has 2 rings (SSSR count). The number of fused-ring (bicyclic) bond motifs is 2. The first-order chi connectivity index (χ1) is 4.84. The molecule has 0 unspecified atom stereocenters. The number of hydrogen-bond acceptors (Lipinski definition) is 1. The van der Waals surface area contributed by atoms with Gasteiger partial charge in [0.1, 0.15) is 0 Å². The quantitative estimate of drug-likeness (QED) is 0.494. The maximum atomic E-state index is 2.51. The summed E-state index contributed by atoms with van der Waals surface area (Å²) in [5.41, 5.74) is 0. The summed E-state index contributed by atoms with van der Waals surface area (Å²) in [4.78, 5) is 2.51. The molecule has 1 heteroatoms. The summed E-state index contributed by atoms with van der Waals surface area (Å²) in [7, 11) is 2.27. The SMILES string of the molecule is CN1C[C@H]2CCC[C@@H](C2)C1. The Hall–Kier alpha value is -0.0400. The van der Waals surface area contributed by atoms with Crippen LogP contribution in [-0.4, -0.2) is 25.0 Å². The molecule has 0 aromatic rings. The normalized spacial score (nSPS) is 41.7. The Labute approximate surface area is 63.4 Å². The van der Waals surface area contributed by atoms with E-state index < -0.39 is 0 Å². The van der Waals surface area contributed by atoms with Crippen LogP contribution in [0, 0.1) is 11.8 Å². The van der Waals surface area contributed by atoms with Gasteiger partial charge < -0.3 is 4.90 Å². The zero-order chi connectivity index (χ0) is 6.97. The van der Waals surface area contributed by atoms with E-state index in [4.69, 9.17) is 0 Å². The summed E-state index contributed by atoms with van der Waals surface area (Å²) in [5, 5.41) is 0. The maximum absolute atomic E-state index is 2.51. The van der Waals surface area contributed by atoms with E-state index in [1.165, 1.54) is 38.8 Å². The fraction of sp³-hybridized carbons (Fsp3) is 1.00. The molecule has 2 atom stereocenters. The van der Waals surface area contributed by atoms with Gasteiger partial charge in [0.2, 0.25) is 0 Å². The minimum Gasteiger partial charge on any atom is -0.306 e. The lowest BCUT2D eigenvalue weighted by molar-refractivity contribution is 0.107. The van der Waals surface area contributed by atoms with Gasteiger partial charge in [-0.3, -0.25) is 0 Å². The Morgan fingerprint density at radius 2 is 1.70 bits per heavy atom. The van der Waals surface area contributed by atoms with Gasteiger partial charge in [0.05, 0.1) is 0 Å². The van der Waals surface area contributed by atoms with Crippen molar-refractivity contribution in [3.8, 4) is 0 Å². The Balaban J connectivity index is 1.98. The third-order valence-corrected chi connectivity index (χ3v) is 3.03. The van der Waals surface area contributed by atoms with Gasteiger partial charge in [-0.1, -0.05) is 6.42 Å². The first-order valence-corrected chi connectivity index (χ1v) is 4.53. The molecular formula is C9H17N. The van der Waals surface area contributed by atoms with E-state index >= 15 is 0 Å². The van der Waals surface area contributed by atoms with Crippen LogP contribution < -0.4 is 0 Å². The number of hydrogen-bond donors (Lipinski definition) is 0. The molecule has 10 heavy (non-hydrogen) atoms. The van der Waals surface area contributed by atoms with Crippen molar-refractivity contribution in [2.45, 2.75) is 25.7 Å². The Kier molecular flexibility index (Phi) is 1.69. The molecule has 1 saturated heterocycles. The van der Waals surface area contributed by atoms with Crippen LogP contribution in [0.15, 0.2) is 0 Å². The number of nitrogens with zero attached hydrogens (tertiary/aromatic N) is 1. The average molecular weight is 139 g/mol. The van der Waals surface area contributed by atoms with E-state index in [0.717, 1.165) is 11.8 Å². The first kappa shape index (κ1) is 6.66. The van der Waals surface area contributed by atoms with Crippen LogP contribution in [0.5, 0.6) is 0 Å². The van der Waals surface area contributed by atoms with Crippen LogP contribution in [0.1, 0.15) is 25.7 Å². The highest BCUT2D eigenvalue weighted by Crippen LogP contribution is 2.33. The maximum Gasteiger partial charge on any atom is 0.000683 e. The van der Waals surface area contributed by atoms with Crippen LogP contribution in [0.25, 0.3) is 0 Å². The van der Waals surface area contributed by atoms with Crippen molar-refractivity contribution < 1.29 is 0 Å². The van der Waals surface area contributed by atoms with Gasteiger partial charge in [0.25, 0.3) is 0 Å². The van der Waals surface area contributed by atoms with Crippen LogP contribution in [0.2, 0.25) is 0 Å². The second-order valence-electron chi connectivity index (χ2n) is 4.12. The van der Waals surface area contributed by atoms with Crippen molar-refractivity contribution in [2.75, 3.05) is 20.1 Å². The second kappa shape index (κ2) is 2.54. The smallest absolute Gasteiger partial charge is 0.000683 e. The third kappa shape index (κ3) is 1.20. The second-order valence-corrected chi connectivity index (χ2v) is 4.12. The summed E-state index contributed by atoms with van der Waals surface area (Å²) in [6.07, 6.45) is 6.04. The van der Waals surface area contributed by atoms with Gasteiger partial charge >= 0.3 is 0 Å². The molecule has 58 valence electrons. The van der Waals surface area contributed by atoms with Gasteiger partial charge in [-0.2, -0.15) is 0 Å². The Morgan fingerprint density at radius 3 is 2.30 bits per heavy atom. The van der Waals surface area contributed by atoms with Crippen molar-refractivity contribution in [3.05, 3.63) is 0 Å². The molecule has 1 nitrogen and oxygen atoms in total. The predicted molar refractivity (Wildman–Crippen MR) is 42.9 cm³/mol. The Morgan fingerprint density at radius 1 is 1.10 bits per heavy atom. The number of likely N-dealkylation sites (tertiary alicyclic amines) is 1. The summed E-state index contributed by atoms with van der Waals surface area (Å²) in [6.45, 7) is 2.74. The van der Waals surface area contributed by atoms with Crippen molar-refractivity contribution >= 4 is 0 Å². The highest BCUT2D eigenvalue weighted by molar-refractivity contribution is 4.81. The molecule has 1 heterocycles. The largest absolute Gasteiger partial charge is 0.306 e. The fourth-order valence-corrected chi connectivity index (χ4v) is 2.69. The molecule has 0 spiro atoms. The lowest BCUT2D eigenvalue weighted by Crippen LogP contribution is -2.40. The van der Waals surface area contributed by atoms with E-state index in [-0.39, 0.29) is 0 Å². The summed E-state index contributed by atoms with van der Waals surface area (Å²) in [5.74, 6) is 2.11. The van der Waals surface area contributed by atoms with Gasteiger partial charge in [-0.15, -0.1) is 0 Å². The zero-order valence-corrected chi connectivity index (χ0v) is 6.84. The van der Waals surface area contributed by atoms with E-state index in [1.807, 2.05) is 0 Å². The summed E-state index contributed by atoms with van der Waals surface area (Å²) >= 11 is 0. The van der Waals surface area contributed by atoms with Gasteiger partial charge in [-0.05, 0) is 38.1 Å². The first-order valence-electron chi connectivity index (χ1n) is 4.53. The summed E-state index contributed by atoms with van der Waals surface area (Å²) < 4.78 is 0. The molecule has 0 N–H and O–H groups in total. The zero-order valence-electron chi connectivity index (χ0n) is 6.84. The minimum atomic E-state index is 1.05. The summed E-state index contributed by atoms with van der Waals surface area (Å²) in [6, 6.07) is 0. The molecule has 2 aliphatic rings. The highest BCUT2D eigenvalue weighted by atomic mass is 15.1. The van der Waals surface area contributed by atoms with E-state index in [9.17, 15) is 0 Å². The Bertz CT molecular complexity index is 106. The van der Waals surface area contributed by atoms with Crippen LogP contribution >= 0.6 is 0 Å². The van der Waals surface area contributed by atoms with Crippen LogP contribution in [-0.2, 0) is 0 Å². The third-order valence-electron chi connectivity index (χ3n) is 3.03. The molecule has 0 amide bonds. The van der Waals surface area contributed by atoms with Crippen LogP contribution in [0.3, 0.4) is 0 Å². The molecule has 0 aromatic carbocycles. The molecule has 0 radical (unpaired) electrons.